The van der Waals surface area contributed by atoms with Crippen LogP contribution in [-0.4, -0.2) is 46.3 Å². The van der Waals surface area contributed by atoms with Crippen LogP contribution in [0.1, 0.15) is 34.5 Å². The van der Waals surface area contributed by atoms with Gasteiger partial charge in [0, 0.05) is 23.6 Å². The first kappa shape index (κ1) is 20.4. The van der Waals surface area contributed by atoms with Gasteiger partial charge < -0.3 is 19.7 Å². The number of amides is 1. The maximum absolute atomic E-state index is 12.8. The maximum atomic E-state index is 12.8. The number of aliphatic hydroxyl groups excluding tert-OH is 1. The molecule has 0 fully saturated rings. The van der Waals surface area contributed by atoms with E-state index >= 15 is 0 Å². The number of methoxy groups -OCH3 is 1. The van der Waals surface area contributed by atoms with Crippen molar-refractivity contribution in [3.8, 4) is 0 Å². The average molecular weight is 418 g/mol. The van der Waals surface area contributed by atoms with Crippen LogP contribution in [0.5, 0.6) is 0 Å². The number of rotatable bonds is 6. The molecule has 4 rings (SSSR count). The van der Waals surface area contributed by atoms with E-state index in [1.807, 2.05) is 30.5 Å². The van der Waals surface area contributed by atoms with E-state index in [1.54, 1.807) is 24.3 Å². The van der Waals surface area contributed by atoms with Gasteiger partial charge in [-0.15, -0.1) is 0 Å². The molecule has 0 saturated heterocycles. The van der Waals surface area contributed by atoms with Gasteiger partial charge in [-0.3, -0.25) is 9.59 Å². The Kier molecular flexibility index (Phi) is 5.33. The van der Waals surface area contributed by atoms with Crippen LogP contribution < -0.4 is 0 Å². The van der Waals surface area contributed by atoms with Gasteiger partial charge in [0.05, 0.1) is 24.3 Å². The molecular weight excluding hydrogens is 396 g/mol. The van der Waals surface area contributed by atoms with Crippen LogP contribution in [-0.2, 0) is 20.7 Å². The largest absolute Gasteiger partial charge is 0.503 e. The average Bonchev–Trinajstić information content (AvgIpc) is 3.30. The lowest BCUT2D eigenvalue weighted by atomic mass is 9.95. The number of carbonyl (C=O) groups is 3. The SMILES string of the molecule is COC(=O)c1ccc([C@@H]2C(C(C)=O)=C(O)C(=O)N2CCc2c[nH]c3ccccc23)cc1. The molecule has 0 saturated carbocycles. The summed E-state index contributed by atoms with van der Waals surface area (Å²) in [5.74, 6) is -1.95. The van der Waals surface area contributed by atoms with Gasteiger partial charge in [-0.05, 0) is 42.7 Å². The number of ketones is 1. The highest BCUT2D eigenvalue weighted by Crippen LogP contribution is 2.38. The van der Waals surface area contributed by atoms with E-state index in [0.29, 0.717) is 24.1 Å². The summed E-state index contributed by atoms with van der Waals surface area (Å²) in [6.07, 6.45) is 2.45. The van der Waals surface area contributed by atoms with E-state index in [2.05, 4.69) is 4.98 Å². The number of aliphatic hydroxyl groups is 1. The molecule has 1 aromatic heterocycles. The van der Waals surface area contributed by atoms with Crippen LogP contribution in [0.3, 0.4) is 0 Å². The number of aromatic nitrogens is 1. The monoisotopic (exact) mass is 418 g/mol. The molecule has 0 spiro atoms. The highest BCUT2D eigenvalue weighted by atomic mass is 16.5. The van der Waals surface area contributed by atoms with E-state index in [9.17, 15) is 19.5 Å². The Morgan fingerprint density at radius 3 is 2.52 bits per heavy atom. The highest BCUT2D eigenvalue weighted by Gasteiger charge is 2.42. The molecule has 1 aliphatic rings. The van der Waals surface area contributed by atoms with E-state index in [4.69, 9.17) is 4.74 Å². The van der Waals surface area contributed by atoms with E-state index in [-0.39, 0.29) is 11.4 Å². The third-order valence-electron chi connectivity index (χ3n) is 5.63. The number of para-hydroxylation sites is 1. The number of nitrogens with one attached hydrogen (secondary N) is 1. The fourth-order valence-electron chi connectivity index (χ4n) is 4.09. The molecule has 7 heteroatoms. The van der Waals surface area contributed by atoms with Crippen molar-refractivity contribution in [2.45, 2.75) is 19.4 Å². The second kappa shape index (κ2) is 8.10. The fourth-order valence-corrected chi connectivity index (χ4v) is 4.09. The number of hydrogen-bond donors (Lipinski definition) is 2. The first-order valence-corrected chi connectivity index (χ1v) is 9.90. The molecule has 0 unspecified atom stereocenters. The van der Waals surface area contributed by atoms with Crippen molar-refractivity contribution in [2.75, 3.05) is 13.7 Å². The zero-order valence-electron chi connectivity index (χ0n) is 17.2. The number of esters is 1. The third kappa shape index (κ3) is 3.59. The molecule has 1 aliphatic heterocycles. The van der Waals surface area contributed by atoms with Crippen LogP contribution in [0.4, 0.5) is 0 Å². The Hall–Kier alpha value is -3.87. The van der Waals surface area contributed by atoms with Crippen LogP contribution in [0.15, 0.2) is 66.1 Å². The van der Waals surface area contributed by atoms with E-state index in [0.717, 1.165) is 16.5 Å². The van der Waals surface area contributed by atoms with Gasteiger partial charge in [0.15, 0.2) is 11.5 Å². The molecule has 1 amide bonds. The number of aromatic amines is 1. The molecule has 2 N–H and O–H groups in total. The second-order valence-electron chi connectivity index (χ2n) is 7.44. The summed E-state index contributed by atoms with van der Waals surface area (Å²) in [6, 6.07) is 13.7. The van der Waals surface area contributed by atoms with Gasteiger partial charge in [-0.25, -0.2) is 4.79 Å². The van der Waals surface area contributed by atoms with Crippen molar-refractivity contribution in [2.24, 2.45) is 0 Å². The van der Waals surface area contributed by atoms with Gasteiger partial charge in [0.25, 0.3) is 5.91 Å². The van der Waals surface area contributed by atoms with Crippen molar-refractivity contribution in [1.29, 1.82) is 0 Å². The van der Waals surface area contributed by atoms with Crippen molar-refractivity contribution in [3.63, 3.8) is 0 Å². The van der Waals surface area contributed by atoms with Crippen LogP contribution >= 0.6 is 0 Å². The Morgan fingerprint density at radius 2 is 1.84 bits per heavy atom. The minimum Gasteiger partial charge on any atom is -0.503 e. The molecule has 158 valence electrons. The number of nitrogens with zero attached hydrogens (tertiary/aromatic N) is 1. The number of carbonyl (C=O) groups excluding carboxylic acids is 3. The Morgan fingerprint density at radius 1 is 1.13 bits per heavy atom. The van der Waals surface area contributed by atoms with Crippen molar-refractivity contribution < 1.29 is 24.2 Å². The van der Waals surface area contributed by atoms with Gasteiger partial charge >= 0.3 is 5.97 Å². The van der Waals surface area contributed by atoms with Gasteiger partial charge in [0.1, 0.15) is 0 Å². The lowest BCUT2D eigenvalue weighted by molar-refractivity contribution is -0.129. The lowest BCUT2D eigenvalue weighted by Gasteiger charge is -2.26. The second-order valence-corrected chi connectivity index (χ2v) is 7.44. The molecule has 2 heterocycles. The Balaban J connectivity index is 1.66. The predicted molar refractivity (Wildman–Crippen MR) is 115 cm³/mol. The van der Waals surface area contributed by atoms with Crippen molar-refractivity contribution in [1.82, 2.24) is 9.88 Å². The molecule has 0 aliphatic carbocycles. The molecular formula is C24H22N2O5. The molecule has 0 bridgehead atoms. The molecule has 31 heavy (non-hydrogen) atoms. The molecule has 3 aromatic rings. The minimum absolute atomic E-state index is 0.0646. The summed E-state index contributed by atoms with van der Waals surface area (Å²) in [6.45, 7) is 1.64. The fraction of sp³-hybridized carbons (Fsp3) is 0.208. The quantitative estimate of drug-likeness (QED) is 0.597. The summed E-state index contributed by atoms with van der Waals surface area (Å²) in [7, 11) is 1.30. The third-order valence-corrected chi connectivity index (χ3v) is 5.63. The van der Waals surface area contributed by atoms with Gasteiger partial charge in [-0.2, -0.15) is 0 Å². The summed E-state index contributed by atoms with van der Waals surface area (Å²) < 4.78 is 4.72. The zero-order chi connectivity index (χ0) is 22.1. The zero-order valence-corrected chi connectivity index (χ0v) is 17.2. The normalized spacial score (nSPS) is 16.3. The standard InChI is InChI=1S/C24H22N2O5/c1-14(27)20-21(15-7-9-16(10-8-15)24(30)31-2)26(23(29)22(20)28)12-11-17-13-25-19-6-4-3-5-18(17)19/h3-10,13,21,25,28H,11-12H2,1-2H3/t21-/m1/s1. The number of fused-ring (bicyclic) bond motifs is 1. The van der Waals surface area contributed by atoms with Crippen LogP contribution in [0, 0.1) is 0 Å². The molecule has 0 radical (unpaired) electrons. The van der Waals surface area contributed by atoms with Crippen molar-refractivity contribution >= 4 is 28.6 Å². The number of Topliss-reactive ketones (excluding diaryl/α,β-unsaturated/α-hetero) is 1. The molecule has 7 nitrogen and oxygen atoms in total. The van der Waals surface area contributed by atoms with E-state index < -0.39 is 23.7 Å². The first-order valence-electron chi connectivity index (χ1n) is 9.90. The first-order chi connectivity index (χ1) is 14.9. The maximum Gasteiger partial charge on any atom is 0.337 e. The van der Waals surface area contributed by atoms with Crippen LogP contribution in [0.2, 0.25) is 0 Å². The Labute approximate surface area is 178 Å². The Bertz CT molecular complexity index is 1210. The summed E-state index contributed by atoms with van der Waals surface area (Å²) in [5, 5.41) is 11.5. The summed E-state index contributed by atoms with van der Waals surface area (Å²) in [4.78, 5) is 41.6. The number of hydrogen-bond acceptors (Lipinski definition) is 5. The number of ether oxygens (including phenoxy) is 1. The van der Waals surface area contributed by atoms with Gasteiger partial charge in [0.2, 0.25) is 0 Å². The lowest BCUT2D eigenvalue weighted by Crippen LogP contribution is -2.33. The molecule has 1 atom stereocenters. The smallest absolute Gasteiger partial charge is 0.337 e. The predicted octanol–water partition coefficient (Wildman–Crippen LogP) is 3.48. The number of benzene rings is 2. The van der Waals surface area contributed by atoms with E-state index in [1.165, 1.54) is 18.9 Å². The van der Waals surface area contributed by atoms with Crippen LogP contribution in [0.25, 0.3) is 10.9 Å². The topological polar surface area (TPSA) is 99.7 Å². The highest BCUT2D eigenvalue weighted by molar-refractivity contribution is 6.08. The number of H-pyrrole nitrogens is 1. The molecule has 2 aromatic carbocycles. The van der Waals surface area contributed by atoms with Gasteiger partial charge in [-0.1, -0.05) is 30.3 Å². The summed E-state index contributed by atoms with van der Waals surface area (Å²) >= 11 is 0. The van der Waals surface area contributed by atoms with Crippen molar-refractivity contribution in [3.05, 3.63) is 82.8 Å². The minimum atomic E-state index is -0.720. The summed E-state index contributed by atoms with van der Waals surface area (Å²) in [5.41, 5.74) is 3.10.